The second kappa shape index (κ2) is 5.97. The van der Waals surface area contributed by atoms with Crippen LogP contribution in [0.15, 0.2) is 42.5 Å². The Bertz CT molecular complexity index is 916. The largest absolute Gasteiger partial charge is 0.477 e. The van der Waals surface area contributed by atoms with Gasteiger partial charge >= 0.3 is 5.97 Å². The van der Waals surface area contributed by atoms with Gasteiger partial charge in [-0.1, -0.05) is 18.2 Å². The first-order valence-electron chi connectivity index (χ1n) is 8.07. The lowest BCUT2D eigenvalue weighted by Gasteiger charge is -2.37. The number of piperazine rings is 1. The van der Waals surface area contributed by atoms with Gasteiger partial charge in [-0.2, -0.15) is 4.98 Å². The van der Waals surface area contributed by atoms with E-state index in [1.807, 2.05) is 18.2 Å². The van der Waals surface area contributed by atoms with Crippen LogP contribution in [0, 0.1) is 0 Å². The summed E-state index contributed by atoms with van der Waals surface area (Å²) in [5, 5.41) is 13.3. The fraction of sp³-hybridized carbons (Fsp3) is 0.235. The van der Waals surface area contributed by atoms with Crippen molar-refractivity contribution < 1.29 is 9.90 Å². The molecule has 0 atom stereocenters. The minimum Gasteiger partial charge on any atom is -0.477 e. The standard InChI is InChI=1S/C17H18N6O2/c18-17-19-15-13(6-7-14(16(24)25)23(15)20-17)22-10-8-21(9-11-22)12-4-2-1-3-5-12/h1-7H,8-11H2,(H2,18,20)(H,24,25). The molecule has 1 fully saturated rings. The maximum atomic E-state index is 11.4. The SMILES string of the molecule is Nc1nc2c(N3CCN(c4ccccc4)CC3)ccc(C(=O)O)n2n1. The first-order valence-corrected chi connectivity index (χ1v) is 8.07. The normalized spacial score (nSPS) is 14.9. The Morgan fingerprint density at radius 2 is 1.68 bits per heavy atom. The number of fused-ring (bicyclic) bond motifs is 1. The van der Waals surface area contributed by atoms with E-state index in [-0.39, 0.29) is 11.6 Å². The second-order valence-corrected chi connectivity index (χ2v) is 5.92. The highest BCUT2D eigenvalue weighted by atomic mass is 16.4. The molecule has 1 saturated heterocycles. The van der Waals surface area contributed by atoms with E-state index in [9.17, 15) is 9.90 Å². The van der Waals surface area contributed by atoms with Gasteiger partial charge in [-0.25, -0.2) is 9.31 Å². The molecular formula is C17H18N6O2. The number of rotatable bonds is 3. The number of hydrogen-bond acceptors (Lipinski definition) is 6. The molecule has 8 heteroatoms. The first-order chi connectivity index (χ1) is 12.1. The van der Waals surface area contributed by atoms with Gasteiger partial charge in [-0.15, -0.1) is 5.10 Å². The van der Waals surface area contributed by atoms with Crippen molar-refractivity contribution in [3.8, 4) is 0 Å². The number of nitrogens with two attached hydrogens (primary N) is 1. The number of para-hydroxylation sites is 1. The van der Waals surface area contributed by atoms with E-state index in [0.29, 0.717) is 5.65 Å². The molecule has 25 heavy (non-hydrogen) atoms. The molecule has 0 amide bonds. The van der Waals surface area contributed by atoms with E-state index in [4.69, 9.17) is 5.73 Å². The summed E-state index contributed by atoms with van der Waals surface area (Å²) in [5.74, 6) is -0.992. The summed E-state index contributed by atoms with van der Waals surface area (Å²) in [4.78, 5) is 20.1. The molecule has 0 radical (unpaired) electrons. The van der Waals surface area contributed by atoms with Crippen molar-refractivity contribution in [1.82, 2.24) is 14.6 Å². The number of pyridine rings is 1. The zero-order chi connectivity index (χ0) is 17.4. The van der Waals surface area contributed by atoms with Crippen molar-refractivity contribution in [3.63, 3.8) is 0 Å². The Labute approximate surface area is 144 Å². The van der Waals surface area contributed by atoms with Crippen LogP contribution in [0.1, 0.15) is 10.5 Å². The molecule has 2 aromatic heterocycles. The topological polar surface area (TPSA) is 100.0 Å². The number of carboxylic acid groups (broad SMARTS) is 1. The molecule has 1 aromatic carbocycles. The zero-order valence-corrected chi connectivity index (χ0v) is 13.5. The summed E-state index contributed by atoms with van der Waals surface area (Å²) >= 11 is 0. The number of aromatic nitrogens is 3. The van der Waals surface area contributed by atoms with Gasteiger partial charge in [-0.3, -0.25) is 0 Å². The van der Waals surface area contributed by atoms with Gasteiger partial charge in [-0.05, 0) is 24.3 Å². The van der Waals surface area contributed by atoms with Crippen molar-refractivity contribution in [2.24, 2.45) is 0 Å². The third kappa shape index (κ3) is 2.71. The Balaban J connectivity index is 1.61. The predicted octanol–water partition coefficient (Wildman–Crippen LogP) is 1.34. The molecule has 3 aromatic rings. The molecular weight excluding hydrogens is 320 g/mol. The van der Waals surface area contributed by atoms with Crippen LogP contribution in [-0.4, -0.2) is 51.9 Å². The number of nitrogens with zero attached hydrogens (tertiary/aromatic N) is 5. The van der Waals surface area contributed by atoms with Gasteiger partial charge in [0.1, 0.15) is 0 Å². The van der Waals surface area contributed by atoms with Crippen LogP contribution in [0.3, 0.4) is 0 Å². The summed E-state index contributed by atoms with van der Waals surface area (Å²) < 4.78 is 1.30. The van der Waals surface area contributed by atoms with Crippen LogP contribution in [0.2, 0.25) is 0 Å². The highest BCUT2D eigenvalue weighted by Gasteiger charge is 2.22. The number of nitrogen functional groups attached to an aromatic ring is 1. The van der Waals surface area contributed by atoms with Gasteiger partial charge in [0.2, 0.25) is 5.95 Å². The monoisotopic (exact) mass is 338 g/mol. The van der Waals surface area contributed by atoms with Gasteiger partial charge in [0, 0.05) is 31.9 Å². The fourth-order valence-electron chi connectivity index (χ4n) is 3.22. The van der Waals surface area contributed by atoms with Gasteiger partial charge in [0.05, 0.1) is 5.69 Å². The number of hydrogen-bond donors (Lipinski definition) is 2. The van der Waals surface area contributed by atoms with Crippen LogP contribution in [-0.2, 0) is 0 Å². The van der Waals surface area contributed by atoms with Crippen molar-refractivity contribution in [1.29, 1.82) is 0 Å². The molecule has 128 valence electrons. The molecule has 1 aliphatic rings. The van der Waals surface area contributed by atoms with Crippen LogP contribution < -0.4 is 15.5 Å². The predicted molar refractivity (Wildman–Crippen MR) is 95.2 cm³/mol. The van der Waals surface area contributed by atoms with Gasteiger partial charge < -0.3 is 20.6 Å². The van der Waals surface area contributed by atoms with Gasteiger partial charge in [0.25, 0.3) is 0 Å². The average molecular weight is 338 g/mol. The summed E-state index contributed by atoms with van der Waals surface area (Å²) in [6.07, 6.45) is 0. The summed E-state index contributed by atoms with van der Waals surface area (Å²) in [6, 6.07) is 13.6. The van der Waals surface area contributed by atoms with E-state index >= 15 is 0 Å². The van der Waals surface area contributed by atoms with Crippen molar-refractivity contribution >= 4 is 28.9 Å². The lowest BCUT2D eigenvalue weighted by molar-refractivity contribution is 0.0687. The molecule has 8 nitrogen and oxygen atoms in total. The van der Waals surface area contributed by atoms with E-state index in [0.717, 1.165) is 31.9 Å². The highest BCUT2D eigenvalue weighted by molar-refractivity contribution is 5.88. The third-order valence-corrected chi connectivity index (χ3v) is 4.44. The number of benzene rings is 1. The van der Waals surface area contributed by atoms with Crippen molar-refractivity contribution in [2.75, 3.05) is 41.7 Å². The van der Waals surface area contributed by atoms with E-state index in [1.54, 1.807) is 12.1 Å². The number of anilines is 3. The van der Waals surface area contributed by atoms with Crippen molar-refractivity contribution in [3.05, 3.63) is 48.2 Å². The lowest BCUT2D eigenvalue weighted by Crippen LogP contribution is -2.46. The van der Waals surface area contributed by atoms with Crippen LogP contribution in [0.5, 0.6) is 0 Å². The minimum atomic E-state index is -1.06. The second-order valence-electron chi connectivity index (χ2n) is 5.92. The molecule has 3 heterocycles. The maximum Gasteiger partial charge on any atom is 0.354 e. The summed E-state index contributed by atoms with van der Waals surface area (Å²) in [5.41, 5.74) is 8.28. The Hall–Kier alpha value is -3.29. The highest BCUT2D eigenvalue weighted by Crippen LogP contribution is 2.25. The zero-order valence-electron chi connectivity index (χ0n) is 13.5. The molecule has 0 aliphatic carbocycles. The number of aromatic carboxylic acids is 1. The smallest absolute Gasteiger partial charge is 0.354 e. The summed E-state index contributed by atoms with van der Waals surface area (Å²) in [7, 11) is 0. The Morgan fingerprint density at radius 3 is 2.36 bits per heavy atom. The van der Waals surface area contributed by atoms with Crippen LogP contribution >= 0.6 is 0 Å². The van der Waals surface area contributed by atoms with E-state index in [2.05, 4.69) is 32.0 Å². The fourth-order valence-corrected chi connectivity index (χ4v) is 3.22. The molecule has 0 bridgehead atoms. The molecule has 3 N–H and O–H groups in total. The molecule has 1 aliphatic heterocycles. The average Bonchev–Trinajstić information content (AvgIpc) is 3.02. The molecule has 0 spiro atoms. The summed E-state index contributed by atoms with van der Waals surface area (Å²) in [6.45, 7) is 3.37. The van der Waals surface area contributed by atoms with Gasteiger partial charge in [0.15, 0.2) is 11.3 Å². The quantitative estimate of drug-likeness (QED) is 0.743. The number of carboxylic acids is 1. The lowest BCUT2D eigenvalue weighted by atomic mass is 10.2. The molecule has 4 rings (SSSR count). The number of carbonyl (C=O) groups is 1. The minimum absolute atomic E-state index is 0.0471. The molecule has 0 unspecified atom stereocenters. The maximum absolute atomic E-state index is 11.4. The third-order valence-electron chi connectivity index (χ3n) is 4.44. The van der Waals surface area contributed by atoms with Crippen molar-refractivity contribution in [2.45, 2.75) is 0 Å². The Morgan fingerprint density at radius 1 is 1.00 bits per heavy atom. The Kier molecular flexibility index (Phi) is 3.64. The van der Waals surface area contributed by atoms with E-state index in [1.165, 1.54) is 10.2 Å². The van der Waals surface area contributed by atoms with Crippen LogP contribution in [0.4, 0.5) is 17.3 Å². The first kappa shape index (κ1) is 15.3. The van der Waals surface area contributed by atoms with E-state index < -0.39 is 5.97 Å². The van der Waals surface area contributed by atoms with Crippen LogP contribution in [0.25, 0.3) is 5.65 Å². The molecule has 0 saturated carbocycles.